The fourth-order valence-corrected chi connectivity index (χ4v) is 1.22. The number of rotatable bonds is 2. The van der Waals surface area contributed by atoms with Gasteiger partial charge in [0.25, 0.3) is 0 Å². The lowest BCUT2D eigenvalue weighted by atomic mass is 10.1. The van der Waals surface area contributed by atoms with E-state index in [4.69, 9.17) is 5.84 Å². The Bertz CT molecular complexity index is 380. The molecule has 0 radical (unpaired) electrons. The lowest BCUT2D eigenvalue weighted by Gasteiger charge is -2.00. The van der Waals surface area contributed by atoms with Crippen LogP contribution in [-0.4, -0.2) is 10.2 Å². The molecule has 0 atom stereocenters. The van der Waals surface area contributed by atoms with Gasteiger partial charge < -0.3 is 5.43 Å². The first-order chi connectivity index (χ1) is 6.42. The second kappa shape index (κ2) is 3.28. The number of anilines is 1. The van der Waals surface area contributed by atoms with Gasteiger partial charge in [0, 0.05) is 5.56 Å². The van der Waals surface area contributed by atoms with Crippen LogP contribution >= 0.6 is 0 Å². The molecule has 2 aromatic rings. The molecule has 0 aliphatic carbocycles. The predicted molar refractivity (Wildman–Crippen MR) is 51.8 cm³/mol. The van der Waals surface area contributed by atoms with Gasteiger partial charge in [-0.1, -0.05) is 30.3 Å². The number of hydrazine groups is 1. The third kappa shape index (κ3) is 1.39. The average Bonchev–Trinajstić information content (AvgIpc) is 2.67. The van der Waals surface area contributed by atoms with Gasteiger partial charge in [0.2, 0.25) is 0 Å². The Hall–Kier alpha value is -1.81. The summed E-state index contributed by atoms with van der Waals surface area (Å²) in [5.41, 5.74) is 5.35. The molecule has 4 N–H and O–H groups in total. The second-order valence-corrected chi connectivity index (χ2v) is 2.67. The predicted octanol–water partition coefficient (Wildman–Crippen LogP) is 1.36. The van der Waals surface area contributed by atoms with Crippen LogP contribution < -0.4 is 11.3 Å². The molecule has 1 aromatic heterocycles. The smallest absolute Gasteiger partial charge is 0.0946 e. The number of aromatic nitrogens is 2. The van der Waals surface area contributed by atoms with Crippen LogP contribution in [0, 0.1) is 0 Å². The molecule has 2 rings (SSSR count). The van der Waals surface area contributed by atoms with Crippen LogP contribution in [0.1, 0.15) is 0 Å². The first-order valence-electron chi connectivity index (χ1n) is 3.97. The third-order valence-corrected chi connectivity index (χ3v) is 1.86. The van der Waals surface area contributed by atoms with Crippen LogP contribution in [0.15, 0.2) is 36.5 Å². The van der Waals surface area contributed by atoms with E-state index >= 15 is 0 Å². The molecule has 0 aliphatic rings. The minimum atomic E-state index is 0.797. The molecule has 0 aliphatic heterocycles. The monoisotopic (exact) mass is 174 g/mol. The first kappa shape index (κ1) is 7.82. The number of hydrogen-bond donors (Lipinski definition) is 3. The number of nitrogens with one attached hydrogen (secondary N) is 2. The van der Waals surface area contributed by atoms with Gasteiger partial charge in [-0.25, -0.2) is 0 Å². The second-order valence-electron chi connectivity index (χ2n) is 2.67. The molecular weight excluding hydrogens is 164 g/mol. The fourth-order valence-electron chi connectivity index (χ4n) is 1.22. The van der Waals surface area contributed by atoms with Crippen molar-refractivity contribution >= 4 is 5.69 Å². The highest BCUT2D eigenvalue weighted by Crippen LogP contribution is 2.23. The van der Waals surface area contributed by atoms with Gasteiger partial charge in [-0.2, -0.15) is 5.10 Å². The van der Waals surface area contributed by atoms with E-state index < -0.39 is 0 Å². The quantitative estimate of drug-likeness (QED) is 0.475. The van der Waals surface area contributed by atoms with Crippen molar-refractivity contribution in [2.75, 3.05) is 5.43 Å². The van der Waals surface area contributed by atoms with E-state index in [2.05, 4.69) is 15.6 Å². The molecule has 0 saturated carbocycles. The maximum atomic E-state index is 5.32. The molecule has 4 heteroatoms. The summed E-state index contributed by atoms with van der Waals surface area (Å²) < 4.78 is 0. The standard InChI is InChI=1S/C9H10N4/c10-12-8-6-11-13-9(8)7-4-2-1-3-5-7/h1-6,12H,10H2,(H,11,13). The molecule has 0 fully saturated rings. The molecule has 0 unspecified atom stereocenters. The van der Waals surface area contributed by atoms with Gasteiger partial charge in [0.05, 0.1) is 17.6 Å². The number of nitrogens with two attached hydrogens (primary N) is 1. The zero-order chi connectivity index (χ0) is 9.10. The highest BCUT2D eigenvalue weighted by atomic mass is 15.2. The lowest BCUT2D eigenvalue weighted by Crippen LogP contribution is -2.06. The number of aromatic amines is 1. The Kier molecular flexibility index (Phi) is 1.97. The van der Waals surface area contributed by atoms with Crippen LogP contribution in [0.25, 0.3) is 11.3 Å². The molecule has 4 nitrogen and oxygen atoms in total. The van der Waals surface area contributed by atoms with Crippen molar-refractivity contribution in [3.05, 3.63) is 36.5 Å². The summed E-state index contributed by atoms with van der Waals surface area (Å²) in [6.45, 7) is 0. The molecular formula is C9H10N4. The number of nitrogens with zero attached hydrogens (tertiary/aromatic N) is 1. The minimum Gasteiger partial charge on any atom is -0.321 e. The molecule has 13 heavy (non-hydrogen) atoms. The van der Waals surface area contributed by atoms with Crippen molar-refractivity contribution in [3.63, 3.8) is 0 Å². The van der Waals surface area contributed by atoms with E-state index in [-0.39, 0.29) is 0 Å². The SMILES string of the molecule is NNc1cn[nH]c1-c1ccccc1. The summed E-state index contributed by atoms with van der Waals surface area (Å²) in [5.74, 6) is 5.32. The normalized spacial score (nSPS) is 9.92. The average molecular weight is 174 g/mol. The summed E-state index contributed by atoms with van der Waals surface area (Å²) in [7, 11) is 0. The van der Waals surface area contributed by atoms with Crippen molar-refractivity contribution in [3.8, 4) is 11.3 Å². The molecule has 1 heterocycles. The number of nitrogen functional groups attached to an aromatic ring is 1. The van der Waals surface area contributed by atoms with Crippen molar-refractivity contribution in [1.29, 1.82) is 0 Å². The zero-order valence-corrected chi connectivity index (χ0v) is 6.99. The Labute approximate surface area is 75.7 Å². The van der Waals surface area contributed by atoms with Crippen molar-refractivity contribution in [2.45, 2.75) is 0 Å². The van der Waals surface area contributed by atoms with Gasteiger partial charge in [-0.05, 0) is 0 Å². The van der Waals surface area contributed by atoms with Crippen molar-refractivity contribution in [2.24, 2.45) is 5.84 Å². The van der Waals surface area contributed by atoms with Crippen LogP contribution in [0.2, 0.25) is 0 Å². The van der Waals surface area contributed by atoms with E-state index in [1.54, 1.807) is 6.20 Å². The zero-order valence-electron chi connectivity index (χ0n) is 6.99. The highest BCUT2D eigenvalue weighted by molar-refractivity contribution is 5.72. The first-order valence-corrected chi connectivity index (χ1v) is 3.97. The van der Waals surface area contributed by atoms with E-state index in [0.29, 0.717) is 0 Å². The van der Waals surface area contributed by atoms with Crippen LogP contribution in [0.3, 0.4) is 0 Å². The topological polar surface area (TPSA) is 66.7 Å². The maximum Gasteiger partial charge on any atom is 0.0946 e. The Morgan fingerprint density at radius 2 is 2.00 bits per heavy atom. The lowest BCUT2D eigenvalue weighted by molar-refractivity contribution is 1.10. The molecule has 1 aromatic carbocycles. The minimum absolute atomic E-state index is 0.797. The van der Waals surface area contributed by atoms with Gasteiger partial charge in [-0.3, -0.25) is 10.9 Å². The summed E-state index contributed by atoms with van der Waals surface area (Å²) in [4.78, 5) is 0. The van der Waals surface area contributed by atoms with E-state index in [9.17, 15) is 0 Å². The summed E-state index contributed by atoms with van der Waals surface area (Å²) in [6.07, 6.45) is 1.66. The van der Waals surface area contributed by atoms with Crippen molar-refractivity contribution in [1.82, 2.24) is 10.2 Å². The number of benzene rings is 1. The molecule has 0 bridgehead atoms. The third-order valence-electron chi connectivity index (χ3n) is 1.86. The number of H-pyrrole nitrogens is 1. The highest BCUT2D eigenvalue weighted by Gasteiger charge is 2.04. The fraction of sp³-hybridized carbons (Fsp3) is 0. The van der Waals surface area contributed by atoms with Gasteiger partial charge >= 0.3 is 0 Å². The van der Waals surface area contributed by atoms with Crippen LogP contribution in [-0.2, 0) is 0 Å². The van der Waals surface area contributed by atoms with Gasteiger partial charge in [0.15, 0.2) is 0 Å². The van der Waals surface area contributed by atoms with Crippen LogP contribution in [0.5, 0.6) is 0 Å². The Morgan fingerprint density at radius 3 is 2.69 bits per heavy atom. The van der Waals surface area contributed by atoms with Gasteiger partial charge in [0.1, 0.15) is 0 Å². The Balaban J connectivity index is 2.47. The van der Waals surface area contributed by atoms with E-state index in [1.165, 1.54) is 0 Å². The molecule has 0 amide bonds. The van der Waals surface area contributed by atoms with Crippen molar-refractivity contribution < 1.29 is 0 Å². The van der Waals surface area contributed by atoms with Gasteiger partial charge in [-0.15, -0.1) is 0 Å². The molecule has 66 valence electrons. The van der Waals surface area contributed by atoms with E-state index in [0.717, 1.165) is 16.9 Å². The van der Waals surface area contributed by atoms with E-state index in [1.807, 2.05) is 30.3 Å². The molecule has 0 saturated heterocycles. The Morgan fingerprint density at radius 1 is 1.23 bits per heavy atom. The summed E-state index contributed by atoms with van der Waals surface area (Å²) in [6, 6.07) is 9.89. The number of hydrogen-bond acceptors (Lipinski definition) is 3. The summed E-state index contributed by atoms with van der Waals surface area (Å²) in [5, 5.41) is 6.78. The maximum absolute atomic E-state index is 5.32. The largest absolute Gasteiger partial charge is 0.321 e. The summed E-state index contributed by atoms with van der Waals surface area (Å²) >= 11 is 0. The van der Waals surface area contributed by atoms with Crippen LogP contribution in [0.4, 0.5) is 5.69 Å². The molecule has 0 spiro atoms.